The second-order valence-electron chi connectivity index (χ2n) is 6.59. The van der Waals surface area contributed by atoms with Crippen molar-refractivity contribution in [2.45, 2.75) is 19.5 Å². The molecule has 0 bridgehead atoms. The molecule has 0 saturated heterocycles. The Balaban J connectivity index is 1.49. The molecule has 27 heavy (non-hydrogen) atoms. The number of ether oxygens (including phenoxy) is 2. The van der Waals surface area contributed by atoms with Gasteiger partial charge in [-0.05, 0) is 24.3 Å². The summed E-state index contributed by atoms with van der Waals surface area (Å²) in [7, 11) is 3.15. The molecule has 0 aliphatic carbocycles. The molecular formula is C20H22N4O3. The smallest absolute Gasteiger partial charge is 0.223 e. The molecule has 7 nitrogen and oxygen atoms in total. The number of fused-ring (bicyclic) bond motifs is 1. The van der Waals surface area contributed by atoms with Crippen LogP contribution in [0.3, 0.4) is 0 Å². The van der Waals surface area contributed by atoms with E-state index in [0.29, 0.717) is 12.3 Å². The van der Waals surface area contributed by atoms with Gasteiger partial charge in [0.1, 0.15) is 11.6 Å². The highest BCUT2D eigenvalue weighted by Crippen LogP contribution is 2.25. The van der Waals surface area contributed by atoms with Crippen molar-refractivity contribution in [3.63, 3.8) is 0 Å². The van der Waals surface area contributed by atoms with Crippen LogP contribution in [0.2, 0.25) is 0 Å². The zero-order valence-corrected chi connectivity index (χ0v) is 15.4. The molecule has 0 radical (unpaired) electrons. The number of methoxy groups -OCH3 is 2. The molecule has 1 aliphatic rings. The van der Waals surface area contributed by atoms with Crippen molar-refractivity contribution in [3.05, 3.63) is 63.8 Å². The predicted molar refractivity (Wildman–Crippen MR) is 102 cm³/mol. The number of rotatable bonds is 5. The van der Waals surface area contributed by atoms with Gasteiger partial charge in [0.05, 0.1) is 25.6 Å². The Bertz CT molecular complexity index is 991. The van der Waals surface area contributed by atoms with Gasteiger partial charge in [-0.15, -0.1) is 0 Å². The highest BCUT2D eigenvalue weighted by atomic mass is 16.5. The van der Waals surface area contributed by atoms with E-state index in [4.69, 9.17) is 14.5 Å². The van der Waals surface area contributed by atoms with Crippen LogP contribution in [0, 0.1) is 0 Å². The molecule has 3 aromatic rings. The standard InChI is InChI=1S/C20H22N4O3/c1-26-15-5-3-13(4-6-15)20-22-16-7-8-24(12-17(16)23-20)11-14-9-18(25)19(27-2)10-21-14/h3-6,9-10H,7-8,11-12H2,1-2H3,(H,21,25)(H,22,23). The molecule has 3 heterocycles. The zero-order valence-electron chi connectivity index (χ0n) is 15.4. The van der Waals surface area contributed by atoms with Crippen LogP contribution >= 0.6 is 0 Å². The molecule has 0 amide bonds. The minimum atomic E-state index is -0.104. The number of hydrogen-bond donors (Lipinski definition) is 2. The summed E-state index contributed by atoms with van der Waals surface area (Å²) < 4.78 is 10.2. The number of aromatic amines is 2. The van der Waals surface area contributed by atoms with Crippen LogP contribution in [-0.2, 0) is 19.5 Å². The topological polar surface area (TPSA) is 83.2 Å². The van der Waals surface area contributed by atoms with Gasteiger partial charge in [0.2, 0.25) is 5.43 Å². The summed E-state index contributed by atoms with van der Waals surface area (Å²) >= 11 is 0. The first-order valence-electron chi connectivity index (χ1n) is 8.86. The van der Waals surface area contributed by atoms with Crippen molar-refractivity contribution >= 4 is 0 Å². The third kappa shape index (κ3) is 3.59. The molecule has 0 spiro atoms. The van der Waals surface area contributed by atoms with Gasteiger partial charge in [0.15, 0.2) is 5.75 Å². The number of H-pyrrole nitrogens is 2. The lowest BCUT2D eigenvalue weighted by molar-refractivity contribution is 0.238. The van der Waals surface area contributed by atoms with Crippen molar-refractivity contribution in [2.24, 2.45) is 0 Å². The molecule has 7 heteroatoms. The number of imidazole rings is 1. The fraction of sp³-hybridized carbons (Fsp3) is 0.300. The van der Waals surface area contributed by atoms with Gasteiger partial charge in [0.25, 0.3) is 0 Å². The van der Waals surface area contributed by atoms with E-state index in [1.807, 2.05) is 24.3 Å². The Morgan fingerprint density at radius 2 is 2.00 bits per heavy atom. The first kappa shape index (κ1) is 17.4. The van der Waals surface area contributed by atoms with Crippen LogP contribution in [0.15, 0.2) is 41.3 Å². The van der Waals surface area contributed by atoms with Crippen LogP contribution in [0.25, 0.3) is 11.4 Å². The number of nitrogens with one attached hydrogen (secondary N) is 2. The van der Waals surface area contributed by atoms with Gasteiger partial charge in [-0.2, -0.15) is 0 Å². The maximum absolute atomic E-state index is 11.9. The van der Waals surface area contributed by atoms with Gasteiger partial charge >= 0.3 is 0 Å². The number of pyridine rings is 1. The van der Waals surface area contributed by atoms with Crippen molar-refractivity contribution in [1.82, 2.24) is 19.9 Å². The summed E-state index contributed by atoms with van der Waals surface area (Å²) in [5, 5.41) is 0. The fourth-order valence-corrected chi connectivity index (χ4v) is 3.36. The third-order valence-corrected chi connectivity index (χ3v) is 4.83. The van der Waals surface area contributed by atoms with E-state index in [0.717, 1.165) is 53.7 Å². The Morgan fingerprint density at radius 1 is 1.19 bits per heavy atom. The maximum atomic E-state index is 11.9. The first-order valence-corrected chi connectivity index (χ1v) is 8.86. The molecular weight excluding hydrogens is 344 g/mol. The lowest BCUT2D eigenvalue weighted by Crippen LogP contribution is -2.30. The van der Waals surface area contributed by atoms with E-state index in [1.165, 1.54) is 7.11 Å². The summed E-state index contributed by atoms with van der Waals surface area (Å²) in [6.45, 7) is 2.34. The molecule has 4 rings (SSSR count). The lowest BCUT2D eigenvalue weighted by Gasteiger charge is -2.25. The Labute approximate surface area is 157 Å². The molecule has 0 unspecified atom stereocenters. The monoisotopic (exact) mass is 366 g/mol. The molecule has 0 fully saturated rings. The number of aromatic nitrogens is 3. The van der Waals surface area contributed by atoms with Crippen molar-refractivity contribution < 1.29 is 9.47 Å². The lowest BCUT2D eigenvalue weighted by atomic mass is 10.1. The van der Waals surface area contributed by atoms with E-state index < -0.39 is 0 Å². The van der Waals surface area contributed by atoms with Gasteiger partial charge in [-0.1, -0.05) is 0 Å². The first-order chi connectivity index (χ1) is 13.2. The second kappa shape index (κ2) is 7.28. The molecule has 2 N–H and O–H groups in total. The van der Waals surface area contributed by atoms with Crippen LogP contribution in [0.5, 0.6) is 11.5 Å². The predicted octanol–water partition coefficient (Wildman–Crippen LogP) is 2.34. The highest BCUT2D eigenvalue weighted by molar-refractivity contribution is 5.57. The second-order valence-corrected chi connectivity index (χ2v) is 6.59. The number of hydrogen-bond acceptors (Lipinski definition) is 5. The largest absolute Gasteiger partial charge is 0.497 e. The van der Waals surface area contributed by atoms with Gasteiger partial charge in [0, 0.05) is 49.6 Å². The summed E-state index contributed by atoms with van der Waals surface area (Å²) in [4.78, 5) is 25.6. The van der Waals surface area contributed by atoms with E-state index in [9.17, 15) is 4.79 Å². The maximum Gasteiger partial charge on any atom is 0.223 e. The molecule has 0 atom stereocenters. The Kier molecular flexibility index (Phi) is 4.68. The number of nitrogens with zero attached hydrogens (tertiary/aromatic N) is 2. The minimum Gasteiger partial charge on any atom is -0.497 e. The van der Waals surface area contributed by atoms with Crippen LogP contribution in [-0.4, -0.2) is 40.6 Å². The van der Waals surface area contributed by atoms with E-state index >= 15 is 0 Å². The molecule has 0 saturated carbocycles. The van der Waals surface area contributed by atoms with Crippen LogP contribution in [0.1, 0.15) is 17.1 Å². The zero-order chi connectivity index (χ0) is 18.8. The third-order valence-electron chi connectivity index (χ3n) is 4.83. The van der Waals surface area contributed by atoms with Crippen LogP contribution < -0.4 is 14.9 Å². The molecule has 140 valence electrons. The molecule has 2 aromatic heterocycles. The Hall–Kier alpha value is -3.06. The fourth-order valence-electron chi connectivity index (χ4n) is 3.36. The van der Waals surface area contributed by atoms with Gasteiger partial charge in [-0.3, -0.25) is 9.69 Å². The van der Waals surface area contributed by atoms with E-state index in [1.54, 1.807) is 19.4 Å². The Morgan fingerprint density at radius 3 is 2.70 bits per heavy atom. The highest BCUT2D eigenvalue weighted by Gasteiger charge is 2.21. The SMILES string of the molecule is COc1ccc(-c2nc3c([nH]2)CN(Cc2cc(=O)c(OC)c[nH]2)CC3)cc1. The van der Waals surface area contributed by atoms with Crippen molar-refractivity contribution in [2.75, 3.05) is 20.8 Å². The normalized spacial score (nSPS) is 14.0. The van der Waals surface area contributed by atoms with Crippen molar-refractivity contribution in [1.29, 1.82) is 0 Å². The number of benzene rings is 1. The van der Waals surface area contributed by atoms with Gasteiger partial charge < -0.3 is 19.4 Å². The summed E-state index contributed by atoms with van der Waals surface area (Å²) in [6, 6.07) is 9.47. The summed E-state index contributed by atoms with van der Waals surface area (Å²) in [5.41, 5.74) is 4.05. The van der Waals surface area contributed by atoms with E-state index in [2.05, 4.69) is 14.9 Å². The minimum absolute atomic E-state index is 0.104. The average molecular weight is 366 g/mol. The molecule has 1 aromatic carbocycles. The summed E-state index contributed by atoms with van der Waals surface area (Å²) in [6.07, 6.45) is 2.49. The summed E-state index contributed by atoms with van der Waals surface area (Å²) in [5.74, 6) is 2.04. The quantitative estimate of drug-likeness (QED) is 0.724. The average Bonchev–Trinajstić information content (AvgIpc) is 3.11. The van der Waals surface area contributed by atoms with E-state index in [-0.39, 0.29) is 5.43 Å². The molecule has 1 aliphatic heterocycles. The van der Waals surface area contributed by atoms with Crippen LogP contribution in [0.4, 0.5) is 0 Å². The van der Waals surface area contributed by atoms with Gasteiger partial charge in [-0.25, -0.2) is 4.98 Å². The van der Waals surface area contributed by atoms with Crippen molar-refractivity contribution in [3.8, 4) is 22.9 Å².